The summed E-state index contributed by atoms with van der Waals surface area (Å²) in [6, 6.07) is 17.8. The Balaban J connectivity index is 1.27. The molecule has 150 valence electrons. The van der Waals surface area contributed by atoms with Gasteiger partial charge in [0.2, 0.25) is 5.91 Å². The molecule has 29 heavy (non-hydrogen) atoms. The SMILES string of the molecule is O=C(c1ccc(N2CCCC2=O)cc1)N1CCN(C/C=C/c2ccccc2)CC1. The predicted molar refractivity (Wildman–Crippen MR) is 116 cm³/mol. The molecule has 2 aliphatic heterocycles. The van der Waals surface area contributed by atoms with Crippen LogP contribution in [0.1, 0.15) is 28.8 Å². The number of rotatable bonds is 5. The van der Waals surface area contributed by atoms with E-state index in [2.05, 4.69) is 29.2 Å². The minimum Gasteiger partial charge on any atom is -0.336 e. The van der Waals surface area contributed by atoms with Gasteiger partial charge >= 0.3 is 0 Å². The summed E-state index contributed by atoms with van der Waals surface area (Å²) in [4.78, 5) is 30.8. The Morgan fingerprint density at radius 2 is 1.62 bits per heavy atom. The maximum absolute atomic E-state index is 12.8. The first-order valence-corrected chi connectivity index (χ1v) is 10.3. The number of hydrogen-bond donors (Lipinski definition) is 0. The molecule has 2 aliphatic rings. The fraction of sp³-hybridized carbons (Fsp3) is 0.333. The molecule has 2 saturated heterocycles. The van der Waals surface area contributed by atoms with E-state index in [0.717, 1.165) is 51.4 Å². The highest BCUT2D eigenvalue weighted by atomic mass is 16.2. The van der Waals surface area contributed by atoms with Crippen LogP contribution >= 0.6 is 0 Å². The summed E-state index contributed by atoms with van der Waals surface area (Å²) in [5, 5.41) is 0. The minimum absolute atomic E-state index is 0.0729. The van der Waals surface area contributed by atoms with Crippen LogP contribution < -0.4 is 4.90 Å². The number of benzene rings is 2. The van der Waals surface area contributed by atoms with Crippen molar-refractivity contribution in [3.05, 3.63) is 71.8 Å². The largest absolute Gasteiger partial charge is 0.336 e. The second-order valence-electron chi connectivity index (χ2n) is 7.60. The number of carbonyl (C=O) groups is 2. The van der Waals surface area contributed by atoms with Crippen LogP contribution in [0.2, 0.25) is 0 Å². The van der Waals surface area contributed by atoms with Crippen LogP contribution in [0.15, 0.2) is 60.7 Å². The summed E-state index contributed by atoms with van der Waals surface area (Å²) in [5.41, 5.74) is 2.79. The summed E-state index contributed by atoms with van der Waals surface area (Å²) in [5.74, 6) is 0.241. The molecule has 0 saturated carbocycles. The summed E-state index contributed by atoms with van der Waals surface area (Å²) in [6.07, 6.45) is 5.85. The number of anilines is 1. The second-order valence-corrected chi connectivity index (χ2v) is 7.60. The normalized spacial score (nSPS) is 18.0. The molecule has 0 radical (unpaired) electrons. The molecule has 0 bridgehead atoms. The van der Waals surface area contributed by atoms with E-state index in [1.807, 2.05) is 47.4 Å². The van der Waals surface area contributed by atoms with E-state index in [4.69, 9.17) is 0 Å². The third-order valence-electron chi connectivity index (χ3n) is 5.63. The van der Waals surface area contributed by atoms with Crippen molar-refractivity contribution in [1.29, 1.82) is 0 Å². The molecular weight excluding hydrogens is 362 g/mol. The van der Waals surface area contributed by atoms with Gasteiger partial charge in [-0.25, -0.2) is 0 Å². The predicted octanol–water partition coefficient (Wildman–Crippen LogP) is 3.28. The zero-order valence-electron chi connectivity index (χ0n) is 16.7. The monoisotopic (exact) mass is 389 g/mol. The average molecular weight is 389 g/mol. The standard InChI is InChI=1S/C24H27N3O2/c28-23-9-5-15-27(23)22-12-10-21(11-13-22)24(29)26-18-16-25(17-19-26)14-4-8-20-6-2-1-3-7-20/h1-4,6-8,10-13H,5,9,14-19H2/b8-4+. The Morgan fingerprint density at radius 1 is 0.897 bits per heavy atom. The van der Waals surface area contributed by atoms with Crippen molar-refractivity contribution in [2.75, 3.05) is 44.2 Å². The van der Waals surface area contributed by atoms with Crippen LogP contribution in [0.25, 0.3) is 6.08 Å². The Hall–Kier alpha value is -2.92. The fourth-order valence-corrected chi connectivity index (χ4v) is 3.92. The summed E-state index contributed by atoms with van der Waals surface area (Å²) >= 11 is 0. The summed E-state index contributed by atoms with van der Waals surface area (Å²) < 4.78 is 0. The summed E-state index contributed by atoms with van der Waals surface area (Å²) in [7, 11) is 0. The van der Waals surface area contributed by atoms with Crippen molar-refractivity contribution >= 4 is 23.6 Å². The van der Waals surface area contributed by atoms with Crippen LogP contribution in [0, 0.1) is 0 Å². The molecule has 2 amide bonds. The lowest BCUT2D eigenvalue weighted by Gasteiger charge is -2.34. The maximum atomic E-state index is 12.8. The maximum Gasteiger partial charge on any atom is 0.253 e. The molecule has 0 aromatic heterocycles. The quantitative estimate of drug-likeness (QED) is 0.788. The number of amides is 2. The Kier molecular flexibility index (Phi) is 6.06. The van der Waals surface area contributed by atoms with Crippen molar-refractivity contribution in [1.82, 2.24) is 9.80 Å². The fourth-order valence-electron chi connectivity index (χ4n) is 3.92. The van der Waals surface area contributed by atoms with Gasteiger partial charge in [-0.2, -0.15) is 0 Å². The number of hydrogen-bond acceptors (Lipinski definition) is 3. The van der Waals surface area contributed by atoms with Gasteiger partial charge in [-0.3, -0.25) is 14.5 Å². The van der Waals surface area contributed by atoms with Gasteiger partial charge in [0, 0.05) is 56.9 Å². The molecule has 2 aromatic carbocycles. The number of nitrogens with zero attached hydrogens (tertiary/aromatic N) is 3. The van der Waals surface area contributed by atoms with Gasteiger partial charge in [0.1, 0.15) is 0 Å². The molecule has 0 unspecified atom stereocenters. The van der Waals surface area contributed by atoms with Gasteiger partial charge in [-0.05, 0) is 36.2 Å². The topological polar surface area (TPSA) is 43.9 Å². The number of piperazine rings is 1. The Bertz CT molecular complexity index is 869. The minimum atomic E-state index is 0.0729. The molecular formula is C24H27N3O2. The van der Waals surface area contributed by atoms with Crippen molar-refractivity contribution in [2.24, 2.45) is 0 Å². The molecule has 5 nitrogen and oxygen atoms in total. The van der Waals surface area contributed by atoms with Crippen LogP contribution in [-0.4, -0.2) is 60.9 Å². The molecule has 4 rings (SSSR count). The highest BCUT2D eigenvalue weighted by Crippen LogP contribution is 2.22. The highest BCUT2D eigenvalue weighted by Gasteiger charge is 2.24. The zero-order chi connectivity index (χ0) is 20.1. The third kappa shape index (κ3) is 4.74. The highest BCUT2D eigenvalue weighted by molar-refractivity contribution is 5.97. The second kappa shape index (κ2) is 9.05. The Morgan fingerprint density at radius 3 is 2.28 bits per heavy atom. The van der Waals surface area contributed by atoms with Gasteiger partial charge in [0.15, 0.2) is 0 Å². The summed E-state index contributed by atoms with van der Waals surface area (Å²) in [6.45, 7) is 4.91. The van der Waals surface area contributed by atoms with Crippen LogP contribution in [0.5, 0.6) is 0 Å². The van der Waals surface area contributed by atoms with Crippen molar-refractivity contribution in [3.63, 3.8) is 0 Å². The van der Waals surface area contributed by atoms with E-state index < -0.39 is 0 Å². The smallest absolute Gasteiger partial charge is 0.253 e. The molecule has 2 fully saturated rings. The first-order chi connectivity index (χ1) is 14.2. The van der Waals surface area contributed by atoms with Gasteiger partial charge in [-0.1, -0.05) is 42.5 Å². The lowest BCUT2D eigenvalue weighted by Crippen LogP contribution is -2.48. The Labute approximate surface area is 172 Å². The molecule has 0 N–H and O–H groups in total. The number of carbonyl (C=O) groups excluding carboxylic acids is 2. The zero-order valence-corrected chi connectivity index (χ0v) is 16.7. The first kappa shape index (κ1) is 19.4. The molecule has 0 spiro atoms. The van der Waals surface area contributed by atoms with E-state index in [-0.39, 0.29) is 11.8 Å². The van der Waals surface area contributed by atoms with Gasteiger partial charge in [-0.15, -0.1) is 0 Å². The molecule has 5 heteroatoms. The average Bonchev–Trinajstić information content (AvgIpc) is 3.20. The lowest BCUT2D eigenvalue weighted by atomic mass is 10.1. The van der Waals surface area contributed by atoms with Gasteiger partial charge in [0.25, 0.3) is 5.91 Å². The molecule has 2 aromatic rings. The lowest BCUT2D eigenvalue weighted by molar-refractivity contribution is -0.117. The van der Waals surface area contributed by atoms with Crippen LogP contribution in [0.4, 0.5) is 5.69 Å². The van der Waals surface area contributed by atoms with E-state index in [1.165, 1.54) is 5.56 Å². The van der Waals surface area contributed by atoms with Crippen molar-refractivity contribution in [2.45, 2.75) is 12.8 Å². The van der Waals surface area contributed by atoms with Crippen molar-refractivity contribution in [3.8, 4) is 0 Å². The van der Waals surface area contributed by atoms with E-state index in [0.29, 0.717) is 12.0 Å². The van der Waals surface area contributed by atoms with E-state index >= 15 is 0 Å². The molecule has 0 aliphatic carbocycles. The molecule has 0 atom stereocenters. The molecule has 2 heterocycles. The van der Waals surface area contributed by atoms with Gasteiger partial charge in [0.05, 0.1) is 0 Å². The van der Waals surface area contributed by atoms with E-state index in [1.54, 1.807) is 4.90 Å². The first-order valence-electron chi connectivity index (χ1n) is 10.3. The third-order valence-corrected chi connectivity index (χ3v) is 5.63. The van der Waals surface area contributed by atoms with Gasteiger partial charge < -0.3 is 9.80 Å². The van der Waals surface area contributed by atoms with Crippen LogP contribution in [0.3, 0.4) is 0 Å². The van der Waals surface area contributed by atoms with Crippen LogP contribution in [-0.2, 0) is 4.79 Å². The van der Waals surface area contributed by atoms with Crippen molar-refractivity contribution < 1.29 is 9.59 Å². The van der Waals surface area contributed by atoms with E-state index in [9.17, 15) is 9.59 Å².